The van der Waals surface area contributed by atoms with Gasteiger partial charge in [0.1, 0.15) is 39.2 Å². The SMILES string of the molecule is c1ccc2c(c1)-c1cccc3cc(-c4nc(-c5cccc6oc7cnccc7c56)nc(-c5cccc6oc7c(-c8nccc9c8oc8cccc(-c%10nc(-c%11ccc%12c%13c(cccc%11%13)-c%11ccccc%11-%12)nc(-c%11cccc%12oc%13ccccc%13c%11%12)n%10)c89)cccc7c56)n4)cc-2c13. The van der Waals surface area contributed by atoms with Gasteiger partial charge in [-0.2, -0.15) is 0 Å². The molecule has 12 aromatic carbocycles. The second-order valence-electron chi connectivity index (χ2n) is 24.7. The number of nitrogens with zero attached hydrogens (tertiary/aromatic N) is 8. The van der Waals surface area contributed by atoms with Crippen LogP contribution in [0, 0.1) is 0 Å². The van der Waals surface area contributed by atoms with E-state index in [0.29, 0.717) is 74.1 Å². The summed E-state index contributed by atoms with van der Waals surface area (Å²) in [6, 6.07) is 81.5. The second-order valence-corrected chi connectivity index (χ2v) is 24.7. The van der Waals surface area contributed by atoms with Crippen molar-refractivity contribution >= 4 is 109 Å². The highest BCUT2D eigenvalue weighted by Gasteiger charge is 2.29. The maximum absolute atomic E-state index is 7.08. The van der Waals surface area contributed by atoms with E-state index in [1.807, 2.05) is 97.2 Å². The van der Waals surface area contributed by atoms with Crippen molar-refractivity contribution in [2.45, 2.75) is 0 Å². The maximum atomic E-state index is 7.08. The van der Waals surface area contributed by atoms with Gasteiger partial charge >= 0.3 is 0 Å². The molecular weight excluding hydrogens is 1180 g/mol. The Morgan fingerprint density at radius 2 is 0.646 bits per heavy atom. The molecule has 12 heteroatoms. The van der Waals surface area contributed by atoms with E-state index in [0.717, 1.165) is 110 Å². The minimum atomic E-state index is 0.481. The molecule has 442 valence electrons. The van der Waals surface area contributed by atoms with Crippen LogP contribution >= 0.6 is 0 Å². The van der Waals surface area contributed by atoms with Crippen molar-refractivity contribution in [3.05, 3.63) is 255 Å². The van der Waals surface area contributed by atoms with Gasteiger partial charge in [0.15, 0.2) is 46.1 Å². The highest BCUT2D eigenvalue weighted by atomic mass is 16.3. The van der Waals surface area contributed by atoms with Crippen LogP contribution < -0.4 is 0 Å². The number of hydrogen-bond donors (Lipinski definition) is 0. The van der Waals surface area contributed by atoms with Crippen molar-refractivity contribution in [2.24, 2.45) is 0 Å². The summed E-state index contributed by atoms with van der Waals surface area (Å²) in [7, 11) is 0. The molecule has 96 heavy (non-hydrogen) atoms. The van der Waals surface area contributed by atoms with Crippen LogP contribution in [-0.4, -0.2) is 39.9 Å². The third-order valence-electron chi connectivity index (χ3n) is 19.7. The number of para-hydroxylation sites is 2. The molecule has 22 rings (SSSR count). The van der Waals surface area contributed by atoms with Crippen molar-refractivity contribution in [3.63, 3.8) is 0 Å². The van der Waals surface area contributed by atoms with Crippen LogP contribution in [0.25, 0.3) is 233 Å². The first kappa shape index (κ1) is 51.3. The monoisotopic (exact) mass is 1230 g/mol. The van der Waals surface area contributed by atoms with Gasteiger partial charge in [0.2, 0.25) is 0 Å². The average molecular weight is 1230 g/mol. The molecule has 2 aliphatic carbocycles. The topological polar surface area (TPSA) is 156 Å². The molecule has 0 atom stereocenters. The lowest BCUT2D eigenvalue weighted by atomic mass is 9.98. The summed E-state index contributed by atoms with van der Waals surface area (Å²) in [6.07, 6.45) is 5.37. The van der Waals surface area contributed by atoms with Crippen molar-refractivity contribution in [2.75, 3.05) is 0 Å². The third-order valence-corrected chi connectivity index (χ3v) is 19.7. The average Bonchev–Trinajstić information content (AvgIpc) is 1.53. The molecule has 0 saturated carbocycles. The largest absolute Gasteiger partial charge is 0.456 e. The van der Waals surface area contributed by atoms with Gasteiger partial charge in [0.25, 0.3) is 0 Å². The Morgan fingerprint density at radius 3 is 1.30 bits per heavy atom. The highest BCUT2D eigenvalue weighted by Crippen LogP contribution is 2.52. The van der Waals surface area contributed by atoms with Gasteiger partial charge < -0.3 is 17.7 Å². The molecule has 0 fully saturated rings. The molecule has 8 heterocycles. The zero-order valence-electron chi connectivity index (χ0n) is 50.5. The summed E-state index contributed by atoms with van der Waals surface area (Å²) < 4.78 is 27.0. The standard InChI is InChI=1S/C84H42N8O4/c1-2-16-46-45(15-1)50-21-8-22-51-53(35-34-52(46)71(50)51)80-89-83(58-24-10-30-65-72(58)54-19-5-6-29-64(54)93-65)92-84(90-80)61-27-13-33-68-75(61)57-37-39-86-76(78(57)96-68)62-28-9-23-56-74-60(26-12-32-67(74)95-77(56)62)82-88-79(44-40-43-14-7-20-49-47-17-3-4-18-48(47)63(41-44)70(43)49)87-81(91-82)59-25-11-31-66-73(59)55-36-38-85-42-69(55)94-66/h1-42H. The van der Waals surface area contributed by atoms with Crippen LogP contribution in [0.1, 0.15) is 0 Å². The van der Waals surface area contributed by atoms with Crippen molar-refractivity contribution in [3.8, 4) is 124 Å². The first-order valence-corrected chi connectivity index (χ1v) is 31.9. The van der Waals surface area contributed by atoms with E-state index < -0.39 is 0 Å². The van der Waals surface area contributed by atoms with Crippen LogP contribution in [0.5, 0.6) is 0 Å². The Hall–Kier alpha value is -13.3. The summed E-state index contributed by atoms with van der Waals surface area (Å²) in [4.78, 5) is 42.2. The minimum Gasteiger partial charge on any atom is -0.456 e. The second kappa shape index (κ2) is 19.1. The summed E-state index contributed by atoms with van der Waals surface area (Å²) in [6.45, 7) is 0. The molecule has 0 saturated heterocycles. The fourth-order valence-electron chi connectivity index (χ4n) is 15.6. The molecule has 8 aromatic heterocycles. The maximum Gasteiger partial charge on any atom is 0.164 e. The molecule has 0 unspecified atom stereocenters. The number of benzene rings is 12. The van der Waals surface area contributed by atoms with E-state index in [4.69, 9.17) is 52.6 Å². The van der Waals surface area contributed by atoms with E-state index in [1.54, 1.807) is 12.4 Å². The van der Waals surface area contributed by atoms with Gasteiger partial charge in [0.05, 0.1) is 6.20 Å². The summed E-state index contributed by atoms with van der Waals surface area (Å²) in [5, 5.41) is 11.6. The zero-order chi connectivity index (χ0) is 62.4. The molecule has 12 nitrogen and oxygen atoms in total. The number of pyridine rings is 2. The number of hydrogen-bond acceptors (Lipinski definition) is 12. The van der Waals surface area contributed by atoms with Crippen LogP contribution in [0.4, 0.5) is 0 Å². The lowest BCUT2D eigenvalue weighted by Gasteiger charge is -2.12. The van der Waals surface area contributed by atoms with E-state index in [-0.39, 0.29) is 0 Å². The lowest BCUT2D eigenvalue weighted by molar-refractivity contribution is 0.663. The number of furan rings is 4. The van der Waals surface area contributed by atoms with E-state index in [1.165, 1.54) is 49.7 Å². The molecule has 0 N–H and O–H groups in total. The van der Waals surface area contributed by atoms with E-state index in [9.17, 15) is 0 Å². The molecule has 20 aromatic rings. The molecular formula is C84H42N8O4. The summed E-state index contributed by atoms with van der Waals surface area (Å²) in [5.41, 5.74) is 21.3. The normalized spacial score (nSPS) is 12.4. The van der Waals surface area contributed by atoms with Gasteiger partial charge in [-0.1, -0.05) is 170 Å². The lowest BCUT2D eigenvalue weighted by Crippen LogP contribution is -2.01. The fraction of sp³-hybridized carbons (Fsp3) is 0. The summed E-state index contributed by atoms with van der Waals surface area (Å²) in [5.74, 6) is 3.05. The van der Waals surface area contributed by atoms with Crippen LogP contribution in [0.2, 0.25) is 0 Å². The van der Waals surface area contributed by atoms with Crippen LogP contribution in [0.15, 0.2) is 273 Å². The third kappa shape index (κ3) is 7.15. The zero-order valence-corrected chi connectivity index (χ0v) is 50.5. The van der Waals surface area contributed by atoms with Crippen LogP contribution in [0.3, 0.4) is 0 Å². The Balaban J connectivity index is 0.728. The molecule has 0 bridgehead atoms. The Morgan fingerprint density at radius 1 is 0.229 bits per heavy atom. The number of fused-ring (bicyclic) bond motifs is 18. The van der Waals surface area contributed by atoms with Crippen molar-refractivity contribution < 1.29 is 17.7 Å². The van der Waals surface area contributed by atoms with Gasteiger partial charge in [-0.3, -0.25) is 9.97 Å². The van der Waals surface area contributed by atoms with E-state index in [2.05, 4.69) is 151 Å². The Kier molecular flexibility index (Phi) is 10.2. The first-order chi connectivity index (χ1) is 47.6. The fourth-order valence-corrected chi connectivity index (χ4v) is 15.6. The number of aromatic nitrogens is 8. The van der Waals surface area contributed by atoms with Crippen molar-refractivity contribution in [1.29, 1.82) is 0 Å². The quantitative estimate of drug-likeness (QED) is 0.149. The predicted octanol–water partition coefficient (Wildman–Crippen LogP) is 21.7. The van der Waals surface area contributed by atoms with E-state index >= 15 is 0 Å². The van der Waals surface area contributed by atoms with Gasteiger partial charge in [-0.25, -0.2) is 29.9 Å². The molecule has 0 amide bonds. The smallest absolute Gasteiger partial charge is 0.164 e. The first-order valence-electron chi connectivity index (χ1n) is 31.9. The van der Waals surface area contributed by atoms with Gasteiger partial charge in [-0.15, -0.1) is 0 Å². The highest BCUT2D eigenvalue weighted by molar-refractivity contribution is 6.22. The van der Waals surface area contributed by atoms with Gasteiger partial charge in [-0.05, 0) is 133 Å². The predicted molar refractivity (Wildman–Crippen MR) is 380 cm³/mol. The molecule has 0 aliphatic heterocycles. The van der Waals surface area contributed by atoms with Gasteiger partial charge in [0, 0.05) is 94.4 Å². The molecule has 0 radical (unpaired) electrons. The molecule has 2 aliphatic rings. The van der Waals surface area contributed by atoms with Crippen LogP contribution in [-0.2, 0) is 0 Å². The Labute approximate surface area is 543 Å². The Bertz CT molecular complexity index is 6850. The molecule has 0 spiro atoms. The van der Waals surface area contributed by atoms with Crippen molar-refractivity contribution in [1.82, 2.24) is 39.9 Å². The summed E-state index contributed by atoms with van der Waals surface area (Å²) >= 11 is 0. The minimum absolute atomic E-state index is 0.481. The number of rotatable bonds is 7.